The Bertz CT molecular complexity index is 1130. The first-order valence-electron chi connectivity index (χ1n) is 11.0. The number of methoxy groups -OCH3 is 1. The summed E-state index contributed by atoms with van der Waals surface area (Å²) >= 11 is 0. The number of pyridine rings is 1. The maximum Gasteiger partial charge on any atom is 0.522 e. The Morgan fingerprint density at radius 2 is 1.92 bits per heavy atom. The highest BCUT2D eigenvalue weighted by Gasteiger charge is 2.52. The Morgan fingerprint density at radius 3 is 2.62 bits per heavy atom. The van der Waals surface area contributed by atoms with Gasteiger partial charge in [0.05, 0.1) is 26.0 Å². The summed E-state index contributed by atoms with van der Waals surface area (Å²) < 4.78 is 101. The molecule has 2 aliphatic heterocycles. The minimum atomic E-state index is -4.78. The molecule has 0 aliphatic carbocycles. The lowest BCUT2D eigenvalue weighted by atomic mass is 9.84. The minimum absolute atomic E-state index is 0.0338. The van der Waals surface area contributed by atoms with E-state index in [9.17, 15) is 31.1 Å². The molecule has 4 rings (SSSR count). The molecule has 37 heavy (non-hydrogen) atoms. The van der Waals surface area contributed by atoms with E-state index in [2.05, 4.69) is 9.72 Å². The number of benzene rings is 1. The van der Waals surface area contributed by atoms with Crippen LogP contribution >= 0.6 is 0 Å². The third kappa shape index (κ3) is 5.91. The molecule has 2 saturated heterocycles. The van der Waals surface area contributed by atoms with Crippen LogP contribution in [-0.2, 0) is 26.0 Å². The predicted molar refractivity (Wildman–Crippen MR) is 113 cm³/mol. The van der Waals surface area contributed by atoms with Gasteiger partial charge in [-0.25, -0.2) is 4.98 Å². The zero-order valence-corrected chi connectivity index (χ0v) is 19.4. The Morgan fingerprint density at radius 1 is 1.14 bits per heavy atom. The SMILES string of the molecule is COc1cc(C(=O)N2CC[C@]3(c4cccc(C(F)(F)F)n4)OCOC3C2)ccc1OCCOC(F)(F)F. The van der Waals surface area contributed by atoms with Crippen molar-refractivity contribution in [1.29, 1.82) is 0 Å². The van der Waals surface area contributed by atoms with E-state index in [0.717, 1.165) is 6.07 Å². The van der Waals surface area contributed by atoms with Crippen LogP contribution in [0.4, 0.5) is 26.3 Å². The molecule has 2 aromatic rings. The van der Waals surface area contributed by atoms with Gasteiger partial charge in [0.1, 0.15) is 30.8 Å². The number of hydrogen-bond donors (Lipinski definition) is 0. The highest BCUT2D eigenvalue weighted by molar-refractivity contribution is 5.95. The van der Waals surface area contributed by atoms with E-state index in [1.54, 1.807) is 0 Å². The summed E-state index contributed by atoms with van der Waals surface area (Å²) in [5.41, 5.74) is -1.99. The first kappa shape index (κ1) is 26.9. The molecule has 0 bridgehead atoms. The molecule has 1 aromatic carbocycles. The van der Waals surface area contributed by atoms with Crippen LogP contribution in [0.5, 0.6) is 11.5 Å². The smallest absolute Gasteiger partial charge is 0.493 e. The lowest BCUT2D eigenvalue weighted by Crippen LogP contribution is -2.54. The summed E-state index contributed by atoms with van der Waals surface area (Å²) in [7, 11) is 1.31. The molecule has 2 aliphatic rings. The van der Waals surface area contributed by atoms with E-state index in [-0.39, 0.29) is 49.1 Å². The number of likely N-dealkylation sites (tertiary alicyclic amines) is 1. The van der Waals surface area contributed by atoms with Gasteiger partial charge in [0.15, 0.2) is 11.5 Å². The van der Waals surface area contributed by atoms with Crippen LogP contribution in [0.1, 0.15) is 28.2 Å². The first-order valence-corrected chi connectivity index (χ1v) is 11.0. The lowest BCUT2D eigenvalue weighted by molar-refractivity contribution is -0.325. The molecule has 1 amide bonds. The Balaban J connectivity index is 1.46. The molecular weight excluding hydrogens is 514 g/mol. The monoisotopic (exact) mass is 536 g/mol. The van der Waals surface area contributed by atoms with E-state index in [0.29, 0.717) is 0 Å². The van der Waals surface area contributed by atoms with Crippen molar-refractivity contribution in [3.8, 4) is 11.5 Å². The quantitative estimate of drug-likeness (QED) is 0.389. The van der Waals surface area contributed by atoms with Crippen LogP contribution in [-0.4, -0.2) is 68.5 Å². The highest BCUT2D eigenvalue weighted by Crippen LogP contribution is 2.43. The second kappa shape index (κ2) is 10.3. The van der Waals surface area contributed by atoms with E-state index in [4.69, 9.17) is 18.9 Å². The average molecular weight is 536 g/mol. The Labute approximate surface area is 207 Å². The summed E-state index contributed by atoms with van der Waals surface area (Å²) in [6.07, 6.45) is -10.0. The lowest BCUT2D eigenvalue weighted by Gasteiger charge is -2.41. The van der Waals surface area contributed by atoms with Crippen molar-refractivity contribution in [2.75, 3.05) is 40.2 Å². The van der Waals surface area contributed by atoms with E-state index in [1.807, 2.05) is 0 Å². The number of rotatable bonds is 7. The van der Waals surface area contributed by atoms with Crippen molar-refractivity contribution in [1.82, 2.24) is 9.88 Å². The third-order valence-electron chi connectivity index (χ3n) is 6.02. The standard InChI is InChI=1S/C23H22F6N2O6/c1-33-16-11-14(5-6-15(16)34-9-10-36-23(27,28)29)20(32)31-8-7-21(19(12-31)35-13-37-21)17-3-2-4-18(30-17)22(24,25)26/h2-6,11,19H,7-10,12-13H2,1H3/t19?,21-/m1/s1. The molecule has 0 N–H and O–H groups in total. The molecule has 0 saturated carbocycles. The van der Waals surface area contributed by atoms with Gasteiger partial charge in [0, 0.05) is 18.5 Å². The fourth-order valence-corrected chi connectivity index (χ4v) is 4.27. The normalized spacial score (nSPS) is 22.0. The van der Waals surface area contributed by atoms with Crippen molar-refractivity contribution in [3.05, 3.63) is 53.3 Å². The van der Waals surface area contributed by atoms with Crippen LogP contribution in [0.25, 0.3) is 0 Å². The molecule has 0 spiro atoms. The first-order chi connectivity index (χ1) is 17.4. The molecule has 0 radical (unpaired) electrons. The van der Waals surface area contributed by atoms with E-state index in [1.165, 1.54) is 42.3 Å². The molecular formula is C23H22F6N2O6. The van der Waals surface area contributed by atoms with Gasteiger partial charge in [-0.05, 0) is 30.3 Å². The predicted octanol–water partition coefficient (Wildman–Crippen LogP) is 4.14. The molecule has 2 fully saturated rings. The largest absolute Gasteiger partial charge is 0.522 e. The van der Waals surface area contributed by atoms with Gasteiger partial charge < -0.3 is 23.8 Å². The van der Waals surface area contributed by atoms with Gasteiger partial charge >= 0.3 is 12.5 Å². The molecule has 2 atom stereocenters. The number of piperidine rings is 1. The molecule has 202 valence electrons. The second-order valence-electron chi connectivity index (χ2n) is 8.22. The summed E-state index contributed by atoms with van der Waals surface area (Å²) in [6, 6.07) is 7.75. The number of alkyl halides is 6. The molecule has 1 unspecified atom stereocenters. The molecule has 14 heteroatoms. The van der Waals surface area contributed by atoms with Crippen molar-refractivity contribution in [3.63, 3.8) is 0 Å². The van der Waals surface area contributed by atoms with Crippen LogP contribution in [0.15, 0.2) is 36.4 Å². The fourth-order valence-electron chi connectivity index (χ4n) is 4.27. The highest BCUT2D eigenvalue weighted by atomic mass is 19.4. The molecule has 1 aromatic heterocycles. The maximum atomic E-state index is 13.2. The third-order valence-corrected chi connectivity index (χ3v) is 6.02. The molecule has 8 nitrogen and oxygen atoms in total. The number of nitrogens with zero attached hydrogens (tertiary/aromatic N) is 2. The van der Waals surface area contributed by atoms with Crippen molar-refractivity contribution in [2.45, 2.75) is 30.7 Å². The fraction of sp³-hybridized carbons (Fsp3) is 0.478. The van der Waals surface area contributed by atoms with Crippen molar-refractivity contribution in [2.24, 2.45) is 0 Å². The topological polar surface area (TPSA) is 79.4 Å². The van der Waals surface area contributed by atoms with Gasteiger partial charge in [-0.3, -0.25) is 9.53 Å². The van der Waals surface area contributed by atoms with Crippen molar-refractivity contribution < 1.29 is 54.8 Å². The van der Waals surface area contributed by atoms with Gasteiger partial charge in [-0.1, -0.05) is 6.07 Å². The summed E-state index contributed by atoms with van der Waals surface area (Å²) in [5.74, 6) is -0.171. The number of hydrogen-bond acceptors (Lipinski definition) is 7. The van der Waals surface area contributed by atoms with Gasteiger partial charge in [-0.15, -0.1) is 13.2 Å². The summed E-state index contributed by atoms with van der Waals surface area (Å²) in [5, 5.41) is 0. The number of ether oxygens (including phenoxy) is 5. The van der Waals surface area contributed by atoms with Crippen LogP contribution in [0.2, 0.25) is 0 Å². The zero-order valence-electron chi connectivity index (χ0n) is 19.4. The Kier molecular flexibility index (Phi) is 7.53. The van der Waals surface area contributed by atoms with Gasteiger partial charge in [0.25, 0.3) is 5.91 Å². The van der Waals surface area contributed by atoms with Gasteiger partial charge in [0.2, 0.25) is 0 Å². The van der Waals surface area contributed by atoms with Crippen molar-refractivity contribution >= 4 is 5.91 Å². The number of carbonyl (C=O) groups excluding carboxylic acids is 1. The summed E-state index contributed by atoms with van der Waals surface area (Å²) in [6.45, 7) is -1.12. The second-order valence-corrected chi connectivity index (χ2v) is 8.22. The van der Waals surface area contributed by atoms with E-state index >= 15 is 0 Å². The van der Waals surface area contributed by atoms with Crippen LogP contribution in [0, 0.1) is 0 Å². The number of amides is 1. The maximum absolute atomic E-state index is 13.2. The average Bonchev–Trinajstić information content (AvgIpc) is 3.29. The number of fused-ring (bicyclic) bond motifs is 1. The molecule has 3 heterocycles. The Hall–Kier alpha value is -3.10. The number of carbonyl (C=O) groups is 1. The van der Waals surface area contributed by atoms with Crippen LogP contribution in [0.3, 0.4) is 0 Å². The van der Waals surface area contributed by atoms with Crippen LogP contribution < -0.4 is 9.47 Å². The summed E-state index contributed by atoms with van der Waals surface area (Å²) in [4.78, 5) is 18.4. The minimum Gasteiger partial charge on any atom is -0.493 e. The van der Waals surface area contributed by atoms with E-state index < -0.39 is 49.1 Å². The van der Waals surface area contributed by atoms with Gasteiger partial charge in [-0.2, -0.15) is 13.2 Å². The number of halogens is 6. The number of aromatic nitrogens is 1. The zero-order chi connectivity index (χ0) is 26.8.